The van der Waals surface area contributed by atoms with E-state index in [1.54, 1.807) is 29.1 Å². The summed E-state index contributed by atoms with van der Waals surface area (Å²) < 4.78 is 3.17. The van der Waals surface area contributed by atoms with Gasteiger partial charge in [0, 0.05) is 0 Å². The standard InChI is InChI=1S/C25H21STe/c1-27(21-10-6-3-7-11-21)23-17-15-19-13-12-18-14-16-22(25(23)24(18)19)26-20-8-4-2-5-9-20/h2-11,14-17H,12-13H2,1H3/q+1. The Hall–Kier alpha value is -1.72. The molecule has 0 unspecified atom stereocenters. The van der Waals surface area contributed by atoms with Crippen LogP contribution in [0, 0.1) is 0 Å². The first-order valence-electron chi connectivity index (χ1n) is 9.32. The van der Waals surface area contributed by atoms with Gasteiger partial charge in [-0.2, -0.15) is 0 Å². The van der Waals surface area contributed by atoms with Gasteiger partial charge in [-0.3, -0.25) is 0 Å². The van der Waals surface area contributed by atoms with Gasteiger partial charge in [0.2, 0.25) is 0 Å². The summed E-state index contributed by atoms with van der Waals surface area (Å²) in [5.74, 6) is 0. The Bertz CT molecular complexity index is 1090. The summed E-state index contributed by atoms with van der Waals surface area (Å²) in [6.07, 6.45) is 2.38. The molecule has 0 saturated heterocycles. The van der Waals surface area contributed by atoms with Gasteiger partial charge in [-0.05, 0) is 0 Å². The molecule has 0 saturated carbocycles. The van der Waals surface area contributed by atoms with E-state index in [0.717, 1.165) is 0 Å². The predicted molar refractivity (Wildman–Crippen MR) is 119 cm³/mol. The molecule has 0 amide bonds. The number of benzene rings is 4. The van der Waals surface area contributed by atoms with Crippen LogP contribution in [0.15, 0.2) is 94.7 Å². The van der Waals surface area contributed by atoms with Crippen LogP contribution < -0.4 is 7.22 Å². The van der Waals surface area contributed by atoms with E-state index >= 15 is 0 Å². The van der Waals surface area contributed by atoms with Gasteiger partial charge in [0.25, 0.3) is 0 Å². The third-order valence-corrected chi connectivity index (χ3v) is 12.0. The molecule has 0 radical (unpaired) electrons. The molecule has 4 aromatic rings. The zero-order valence-corrected chi connectivity index (χ0v) is 18.5. The molecule has 0 aromatic heterocycles. The van der Waals surface area contributed by atoms with Crippen molar-refractivity contribution in [2.24, 2.45) is 0 Å². The molecular formula is C25H21STe+. The van der Waals surface area contributed by atoms with Crippen molar-refractivity contribution in [3.63, 3.8) is 0 Å². The normalized spacial score (nSPS) is 12.8. The molecule has 27 heavy (non-hydrogen) atoms. The van der Waals surface area contributed by atoms with Gasteiger partial charge in [-0.25, -0.2) is 0 Å². The summed E-state index contributed by atoms with van der Waals surface area (Å²) in [6.45, 7) is 0. The molecule has 0 bridgehead atoms. The molecule has 0 N–H and O–H groups in total. The predicted octanol–water partition coefficient (Wildman–Crippen LogP) is 5.33. The second kappa shape index (κ2) is 7.36. The van der Waals surface area contributed by atoms with E-state index in [1.165, 1.54) is 22.6 Å². The first-order valence-corrected chi connectivity index (χ1v) is 14.8. The van der Waals surface area contributed by atoms with Crippen molar-refractivity contribution in [1.29, 1.82) is 0 Å². The molecule has 1 aliphatic carbocycles. The van der Waals surface area contributed by atoms with Crippen molar-refractivity contribution >= 4 is 49.3 Å². The fraction of sp³-hybridized carbons (Fsp3) is 0.120. The van der Waals surface area contributed by atoms with Crippen molar-refractivity contribution in [3.8, 4) is 0 Å². The fourth-order valence-corrected chi connectivity index (χ4v) is 9.77. The second-order valence-electron chi connectivity index (χ2n) is 6.93. The Labute approximate surface area is 172 Å². The zero-order valence-electron chi connectivity index (χ0n) is 15.3. The van der Waals surface area contributed by atoms with Crippen LogP contribution in [-0.2, 0) is 12.8 Å². The maximum atomic E-state index is 2.51. The maximum absolute atomic E-state index is 2.51. The summed E-state index contributed by atoms with van der Waals surface area (Å²) in [4.78, 5) is 5.25. The van der Waals surface area contributed by atoms with Crippen LogP contribution in [-0.4, -0.2) is 19.6 Å². The molecule has 0 fully saturated rings. The van der Waals surface area contributed by atoms with Gasteiger partial charge >= 0.3 is 173 Å². The SMILES string of the molecule is C[Te+](c1ccccc1)c1ccc2c3c(ccc(Sc4ccccc4)c13)CC2. The number of hydrogen-bond donors (Lipinski definition) is 0. The van der Waals surface area contributed by atoms with Crippen LogP contribution in [0.25, 0.3) is 10.8 Å². The molecule has 0 heterocycles. The molecular weight excluding hydrogens is 460 g/mol. The molecule has 2 heteroatoms. The Balaban J connectivity index is 1.72. The monoisotopic (exact) mass is 483 g/mol. The van der Waals surface area contributed by atoms with Crippen molar-refractivity contribution < 1.29 is 0 Å². The van der Waals surface area contributed by atoms with Gasteiger partial charge in [-0.15, -0.1) is 0 Å². The van der Waals surface area contributed by atoms with E-state index in [9.17, 15) is 0 Å². The summed E-state index contributed by atoms with van der Waals surface area (Å²) in [6, 6.07) is 31.5. The summed E-state index contributed by atoms with van der Waals surface area (Å²) in [5.41, 5.74) is 3.08. The quantitative estimate of drug-likeness (QED) is 0.356. The van der Waals surface area contributed by atoms with Crippen LogP contribution >= 0.6 is 11.8 Å². The van der Waals surface area contributed by atoms with Crippen molar-refractivity contribution in [2.45, 2.75) is 27.6 Å². The van der Waals surface area contributed by atoms with E-state index in [4.69, 9.17) is 0 Å². The Morgan fingerprint density at radius 2 is 1.30 bits per heavy atom. The summed E-state index contributed by atoms with van der Waals surface area (Å²) >= 11 is 0.323. The fourth-order valence-electron chi connectivity index (χ4n) is 3.97. The van der Waals surface area contributed by atoms with Crippen molar-refractivity contribution in [1.82, 2.24) is 0 Å². The number of aryl methyl sites for hydroxylation is 2. The van der Waals surface area contributed by atoms with E-state index in [0.29, 0.717) is 0 Å². The Morgan fingerprint density at radius 1 is 0.667 bits per heavy atom. The molecule has 4 aromatic carbocycles. The Morgan fingerprint density at radius 3 is 2.00 bits per heavy atom. The molecule has 1 aliphatic rings. The van der Waals surface area contributed by atoms with Gasteiger partial charge in [-0.1, -0.05) is 0 Å². The summed E-state index contributed by atoms with van der Waals surface area (Å²) in [5, 5.41) is 3.09. The number of hydrogen-bond acceptors (Lipinski definition) is 1. The van der Waals surface area contributed by atoms with E-state index in [2.05, 4.69) is 89.9 Å². The molecule has 5 rings (SSSR count). The third-order valence-electron chi connectivity index (χ3n) is 5.32. The first kappa shape index (κ1) is 17.4. The van der Waals surface area contributed by atoms with Gasteiger partial charge < -0.3 is 0 Å². The summed E-state index contributed by atoms with van der Waals surface area (Å²) in [7, 11) is 0. The van der Waals surface area contributed by atoms with Crippen LogP contribution in [0.4, 0.5) is 0 Å². The minimum atomic E-state index is -1.59. The average Bonchev–Trinajstić information content (AvgIpc) is 3.15. The minimum absolute atomic E-state index is 1.19. The topological polar surface area (TPSA) is 0 Å². The van der Waals surface area contributed by atoms with E-state index in [1.807, 2.05) is 11.8 Å². The first-order chi connectivity index (χ1) is 13.3. The van der Waals surface area contributed by atoms with Crippen molar-refractivity contribution in [3.05, 3.63) is 96.1 Å². The van der Waals surface area contributed by atoms with Crippen LogP contribution in [0.3, 0.4) is 0 Å². The molecule has 0 spiro atoms. The van der Waals surface area contributed by atoms with E-state index in [-0.39, 0.29) is 0 Å². The average molecular weight is 481 g/mol. The van der Waals surface area contributed by atoms with E-state index < -0.39 is 19.6 Å². The zero-order chi connectivity index (χ0) is 18.2. The third kappa shape index (κ3) is 3.21. The molecule has 132 valence electrons. The number of rotatable bonds is 4. The Kier molecular flexibility index (Phi) is 4.74. The molecule has 0 nitrogen and oxygen atoms in total. The van der Waals surface area contributed by atoms with Crippen LogP contribution in [0.1, 0.15) is 11.1 Å². The van der Waals surface area contributed by atoms with Crippen LogP contribution in [0.5, 0.6) is 0 Å². The van der Waals surface area contributed by atoms with Gasteiger partial charge in [0.15, 0.2) is 0 Å². The molecule has 0 aliphatic heterocycles. The van der Waals surface area contributed by atoms with Crippen molar-refractivity contribution in [2.75, 3.05) is 0 Å². The van der Waals surface area contributed by atoms with Gasteiger partial charge in [0.1, 0.15) is 0 Å². The van der Waals surface area contributed by atoms with Gasteiger partial charge in [0.05, 0.1) is 0 Å². The second-order valence-corrected chi connectivity index (χ2v) is 13.6. The molecule has 0 atom stereocenters. The van der Waals surface area contributed by atoms with Crippen LogP contribution in [0.2, 0.25) is 4.97 Å².